The Bertz CT molecular complexity index is 639. The fraction of sp³-hybridized carbons (Fsp3) is 0.333. The molecule has 0 aliphatic rings. The van der Waals surface area contributed by atoms with E-state index in [1.165, 1.54) is 0 Å². The number of carbonyl (C=O) groups excluding carboxylic acids is 1. The molecule has 1 N–H and O–H groups in total. The number of hydrogen-bond donors (Lipinski definition) is 1. The van der Waals surface area contributed by atoms with Crippen molar-refractivity contribution in [3.8, 4) is 11.5 Å². The van der Waals surface area contributed by atoms with E-state index in [0.29, 0.717) is 24.1 Å². The molecule has 0 radical (unpaired) electrons. The summed E-state index contributed by atoms with van der Waals surface area (Å²) in [6.45, 7) is 6.68. The predicted molar refractivity (Wildman–Crippen MR) is 89.9 cm³/mol. The molecule has 0 fully saturated rings. The number of nitrogens with zero attached hydrogens (tertiary/aromatic N) is 1. The highest BCUT2D eigenvalue weighted by atomic mass is 16.5. The van der Waals surface area contributed by atoms with E-state index in [9.17, 15) is 4.79 Å². The van der Waals surface area contributed by atoms with Crippen molar-refractivity contribution in [3.05, 3.63) is 48.2 Å². The van der Waals surface area contributed by atoms with E-state index in [4.69, 9.17) is 9.47 Å². The van der Waals surface area contributed by atoms with E-state index in [1.807, 2.05) is 25.1 Å². The molecule has 1 aromatic carbocycles. The number of benzene rings is 1. The SMILES string of the molecule is Cc1ccc(NC(=O)COc2cccc(OCC(C)C)c2)nc1. The number of rotatable bonds is 7. The summed E-state index contributed by atoms with van der Waals surface area (Å²) in [5.41, 5.74) is 1.04. The zero-order valence-corrected chi connectivity index (χ0v) is 13.7. The van der Waals surface area contributed by atoms with Gasteiger partial charge in [-0.2, -0.15) is 0 Å². The Hall–Kier alpha value is -2.56. The molecule has 23 heavy (non-hydrogen) atoms. The first-order chi connectivity index (χ1) is 11.0. The van der Waals surface area contributed by atoms with Crippen LogP contribution in [0, 0.1) is 12.8 Å². The third-order valence-corrected chi connectivity index (χ3v) is 2.94. The normalized spacial score (nSPS) is 10.4. The van der Waals surface area contributed by atoms with Crippen LogP contribution in [0.15, 0.2) is 42.6 Å². The molecule has 5 heteroatoms. The van der Waals surface area contributed by atoms with Gasteiger partial charge in [-0.25, -0.2) is 4.98 Å². The summed E-state index contributed by atoms with van der Waals surface area (Å²) >= 11 is 0. The maximum absolute atomic E-state index is 11.9. The van der Waals surface area contributed by atoms with E-state index < -0.39 is 0 Å². The third kappa shape index (κ3) is 5.98. The van der Waals surface area contributed by atoms with Crippen molar-refractivity contribution in [2.24, 2.45) is 5.92 Å². The number of pyridine rings is 1. The summed E-state index contributed by atoms with van der Waals surface area (Å²) in [5, 5.41) is 2.69. The van der Waals surface area contributed by atoms with E-state index in [-0.39, 0.29) is 12.5 Å². The Kier molecular flexibility index (Phi) is 5.97. The first-order valence-corrected chi connectivity index (χ1v) is 7.61. The molecule has 0 saturated heterocycles. The zero-order valence-electron chi connectivity index (χ0n) is 13.7. The van der Waals surface area contributed by atoms with Gasteiger partial charge < -0.3 is 14.8 Å². The standard InChI is InChI=1S/C18H22N2O3/c1-13(2)11-22-15-5-4-6-16(9-15)23-12-18(21)20-17-8-7-14(3)10-19-17/h4-10,13H,11-12H2,1-3H3,(H,19,20,21). The average Bonchev–Trinajstić information content (AvgIpc) is 2.54. The number of ether oxygens (including phenoxy) is 2. The Morgan fingerprint density at radius 1 is 1.17 bits per heavy atom. The molecule has 0 spiro atoms. The molecule has 0 atom stereocenters. The molecular formula is C18H22N2O3. The van der Waals surface area contributed by atoms with Crippen LogP contribution in [0.1, 0.15) is 19.4 Å². The minimum Gasteiger partial charge on any atom is -0.493 e. The lowest BCUT2D eigenvalue weighted by Crippen LogP contribution is -2.20. The first-order valence-electron chi connectivity index (χ1n) is 7.61. The van der Waals surface area contributed by atoms with Gasteiger partial charge in [0.2, 0.25) is 0 Å². The molecule has 2 rings (SSSR count). The Balaban J connectivity index is 1.84. The highest BCUT2D eigenvalue weighted by Gasteiger charge is 2.05. The quantitative estimate of drug-likeness (QED) is 0.850. The van der Waals surface area contributed by atoms with Crippen LogP contribution in [-0.4, -0.2) is 24.1 Å². The van der Waals surface area contributed by atoms with Crippen LogP contribution < -0.4 is 14.8 Å². The van der Waals surface area contributed by atoms with Gasteiger partial charge in [0.05, 0.1) is 6.61 Å². The Morgan fingerprint density at radius 3 is 2.57 bits per heavy atom. The summed E-state index contributed by atoms with van der Waals surface area (Å²) in [6, 6.07) is 10.9. The molecule has 1 heterocycles. The van der Waals surface area contributed by atoms with Crippen LogP contribution in [0.5, 0.6) is 11.5 Å². The second-order valence-corrected chi connectivity index (χ2v) is 5.74. The summed E-state index contributed by atoms with van der Waals surface area (Å²) in [4.78, 5) is 16.0. The minimum absolute atomic E-state index is 0.0802. The van der Waals surface area contributed by atoms with E-state index >= 15 is 0 Å². The lowest BCUT2D eigenvalue weighted by molar-refractivity contribution is -0.118. The van der Waals surface area contributed by atoms with Crippen molar-refractivity contribution in [2.45, 2.75) is 20.8 Å². The van der Waals surface area contributed by atoms with Gasteiger partial charge in [-0.05, 0) is 36.6 Å². The van der Waals surface area contributed by atoms with E-state index in [1.54, 1.807) is 24.4 Å². The van der Waals surface area contributed by atoms with Crippen molar-refractivity contribution < 1.29 is 14.3 Å². The minimum atomic E-state index is -0.255. The van der Waals surface area contributed by atoms with Gasteiger partial charge in [0.25, 0.3) is 5.91 Å². The first kappa shape index (κ1) is 16.8. The number of aryl methyl sites for hydroxylation is 1. The molecule has 0 bridgehead atoms. The number of anilines is 1. The maximum Gasteiger partial charge on any atom is 0.263 e. The number of aromatic nitrogens is 1. The summed E-state index contributed by atoms with van der Waals surface area (Å²) in [5.74, 6) is 2.04. The van der Waals surface area contributed by atoms with Crippen LogP contribution in [0.25, 0.3) is 0 Å². The fourth-order valence-electron chi connectivity index (χ4n) is 1.79. The van der Waals surface area contributed by atoms with Gasteiger partial charge in [-0.1, -0.05) is 26.0 Å². The zero-order chi connectivity index (χ0) is 16.7. The highest BCUT2D eigenvalue weighted by molar-refractivity contribution is 5.90. The van der Waals surface area contributed by atoms with Crippen LogP contribution in [0.3, 0.4) is 0 Å². The molecule has 1 aromatic heterocycles. The molecule has 2 aromatic rings. The topological polar surface area (TPSA) is 60.5 Å². The van der Waals surface area contributed by atoms with Crippen LogP contribution >= 0.6 is 0 Å². The summed E-state index contributed by atoms with van der Waals surface area (Å²) in [6.07, 6.45) is 1.70. The fourth-order valence-corrected chi connectivity index (χ4v) is 1.79. The predicted octanol–water partition coefficient (Wildman–Crippen LogP) is 3.44. The monoisotopic (exact) mass is 314 g/mol. The highest BCUT2D eigenvalue weighted by Crippen LogP contribution is 2.20. The molecule has 122 valence electrons. The third-order valence-electron chi connectivity index (χ3n) is 2.94. The number of amides is 1. The van der Waals surface area contributed by atoms with Gasteiger partial charge in [-0.3, -0.25) is 4.79 Å². The molecule has 0 aliphatic carbocycles. The second kappa shape index (κ2) is 8.17. The van der Waals surface area contributed by atoms with Gasteiger partial charge in [0, 0.05) is 12.3 Å². The molecular weight excluding hydrogens is 292 g/mol. The molecule has 0 unspecified atom stereocenters. The molecule has 0 saturated carbocycles. The summed E-state index contributed by atoms with van der Waals surface area (Å²) < 4.78 is 11.1. The Morgan fingerprint density at radius 2 is 1.91 bits per heavy atom. The largest absolute Gasteiger partial charge is 0.493 e. The molecule has 1 amide bonds. The maximum atomic E-state index is 11.9. The number of nitrogens with one attached hydrogen (secondary N) is 1. The van der Waals surface area contributed by atoms with Crippen molar-refractivity contribution >= 4 is 11.7 Å². The summed E-state index contributed by atoms with van der Waals surface area (Å²) in [7, 11) is 0. The average molecular weight is 314 g/mol. The lowest BCUT2D eigenvalue weighted by atomic mass is 10.2. The van der Waals surface area contributed by atoms with Crippen molar-refractivity contribution in [1.82, 2.24) is 4.98 Å². The number of hydrogen-bond acceptors (Lipinski definition) is 4. The van der Waals surface area contributed by atoms with E-state index in [0.717, 1.165) is 11.3 Å². The Labute approximate surface area is 136 Å². The van der Waals surface area contributed by atoms with Gasteiger partial charge >= 0.3 is 0 Å². The molecule has 5 nitrogen and oxygen atoms in total. The van der Waals surface area contributed by atoms with Crippen LogP contribution in [-0.2, 0) is 4.79 Å². The van der Waals surface area contributed by atoms with E-state index in [2.05, 4.69) is 24.1 Å². The van der Waals surface area contributed by atoms with Crippen molar-refractivity contribution in [2.75, 3.05) is 18.5 Å². The smallest absolute Gasteiger partial charge is 0.263 e. The van der Waals surface area contributed by atoms with Crippen molar-refractivity contribution in [3.63, 3.8) is 0 Å². The van der Waals surface area contributed by atoms with Gasteiger partial charge in [0.15, 0.2) is 6.61 Å². The second-order valence-electron chi connectivity index (χ2n) is 5.74. The van der Waals surface area contributed by atoms with Crippen LogP contribution in [0.2, 0.25) is 0 Å². The number of carbonyl (C=O) groups is 1. The molecule has 0 aliphatic heterocycles. The van der Waals surface area contributed by atoms with Crippen molar-refractivity contribution in [1.29, 1.82) is 0 Å². The lowest BCUT2D eigenvalue weighted by Gasteiger charge is -2.11. The van der Waals surface area contributed by atoms with Gasteiger partial charge in [-0.15, -0.1) is 0 Å². The van der Waals surface area contributed by atoms with Crippen LogP contribution in [0.4, 0.5) is 5.82 Å². The van der Waals surface area contributed by atoms with Gasteiger partial charge in [0.1, 0.15) is 17.3 Å².